The van der Waals surface area contributed by atoms with E-state index in [0.29, 0.717) is 11.8 Å². The van der Waals surface area contributed by atoms with E-state index in [1.54, 1.807) is 0 Å². The molecule has 2 aliphatic carbocycles. The zero-order chi connectivity index (χ0) is 14.7. The summed E-state index contributed by atoms with van der Waals surface area (Å²) in [5.74, 6) is 6.93. The quantitative estimate of drug-likeness (QED) is 0.646. The molecule has 2 aliphatic rings. The molecule has 4 heteroatoms. The van der Waals surface area contributed by atoms with Crippen LogP contribution in [0.4, 0.5) is 0 Å². The van der Waals surface area contributed by atoms with E-state index in [9.17, 15) is 0 Å². The maximum absolute atomic E-state index is 5.94. The maximum atomic E-state index is 5.94. The molecule has 21 heavy (non-hydrogen) atoms. The van der Waals surface area contributed by atoms with Crippen LogP contribution in [-0.2, 0) is 11.2 Å². The molecule has 0 bridgehead atoms. The van der Waals surface area contributed by atoms with E-state index in [4.69, 9.17) is 10.6 Å². The predicted molar refractivity (Wildman–Crippen MR) is 83.8 cm³/mol. The molecular formula is C17H27N3O. The molecule has 3 atom stereocenters. The number of rotatable bonds is 5. The molecule has 0 saturated heterocycles. The summed E-state index contributed by atoms with van der Waals surface area (Å²) >= 11 is 0. The van der Waals surface area contributed by atoms with E-state index in [2.05, 4.69) is 16.5 Å². The lowest BCUT2D eigenvalue weighted by Gasteiger charge is -2.37. The third kappa shape index (κ3) is 2.98. The number of fused-ring (bicyclic) bond motifs is 1. The summed E-state index contributed by atoms with van der Waals surface area (Å²) in [7, 11) is 1.83. The molecule has 1 aromatic heterocycles. The normalized spacial score (nSPS) is 25.5. The van der Waals surface area contributed by atoms with Gasteiger partial charge in [-0.25, -0.2) is 0 Å². The highest BCUT2D eigenvalue weighted by Crippen LogP contribution is 2.38. The zero-order valence-corrected chi connectivity index (χ0v) is 12.9. The smallest absolute Gasteiger partial charge is 0.0772 e. The Labute approximate surface area is 127 Å². The van der Waals surface area contributed by atoms with Gasteiger partial charge in [-0.15, -0.1) is 0 Å². The average molecular weight is 289 g/mol. The fraction of sp³-hybridized carbons (Fsp3) is 0.706. The minimum Gasteiger partial charge on any atom is -0.379 e. The minimum absolute atomic E-state index is 0.161. The largest absolute Gasteiger partial charge is 0.379 e. The topological polar surface area (TPSA) is 60.2 Å². The fourth-order valence-corrected chi connectivity index (χ4v) is 4.33. The number of nitrogens with two attached hydrogens (primary N) is 1. The van der Waals surface area contributed by atoms with Crippen molar-refractivity contribution in [3.63, 3.8) is 0 Å². The third-order valence-electron chi connectivity index (χ3n) is 5.37. The van der Waals surface area contributed by atoms with Crippen molar-refractivity contribution in [3.8, 4) is 0 Å². The number of nitrogens with one attached hydrogen (secondary N) is 1. The Kier molecular flexibility index (Phi) is 4.88. The number of aryl methyl sites for hydroxylation is 1. The highest BCUT2D eigenvalue weighted by atomic mass is 16.5. The first-order valence-electron chi connectivity index (χ1n) is 8.28. The van der Waals surface area contributed by atoms with E-state index in [1.807, 2.05) is 19.4 Å². The summed E-state index contributed by atoms with van der Waals surface area (Å²) in [5.41, 5.74) is 5.67. The molecular weight excluding hydrogens is 262 g/mol. The molecule has 1 fully saturated rings. The SMILES string of the molecule is COC(C1CCCCC1)C(NN)C1CCc2cccnc21. The van der Waals surface area contributed by atoms with Gasteiger partial charge in [0.1, 0.15) is 0 Å². The summed E-state index contributed by atoms with van der Waals surface area (Å²) < 4.78 is 5.90. The molecule has 0 aliphatic heterocycles. The molecule has 1 heterocycles. The molecule has 1 saturated carbocycles. The lowest BCUT2D eigenvalue weighted by Crippen LogP contribution is -2.51. The first kappa shape index (κ1) is 14.9. The van der Waals surface area contributed by atoms with Gasteiger partial charge in [0.05, 0.1) is 12.1 Å². The van der Waals surface area contributed by atoms with Crippen LogP contribution in [0.1, 0.15) is 55.7 Å². The number of aromatic nitrogens is 1. The van der Waals surface area contributed by atoms with Crippen molar-refractivity contribution in [3.05, 3.63) is 29.6 Å². The van der Waals surface area contributed by atoms with Crippen LogP contribution in [0.25, 0.3) is 0 Å². The summed E-state index contributed by atoms with van der Waals surface area (Å²) in [5, 5.41) is 0. The Bertz CT molecular complexity index is 459. The second-order valence-corrected chi connectivity index (χ2v) is 6.48. The van der Waals surface area contributed by atoms with Crippen LogP contribution < -0.4 is 11.3 Å². The van der Waals surface area contributed by atoms with Crippen molar-refractivity contribution < 1.29 is 4.74 Å². The lowest BCUT2D eigenvalue weighted by atomic mass is 9.79. The summed E-state index contributed by atoms with van der Waals surface area (Å²) in [6.45, 7) is 0. The molecule has 0 amide bonds. The van der Waals surface area contributed by atoms with Crippen LogP contribution in [-0.4, -0.2) is 24.2 Å². The maximum Gasteiger partial charge on any atom is 0.0772 e. The van der Waals surface area contributed by atoms with E-state index < -0.39 is 0 Å². The second-order valence-electron chi connectivity index (χ2n) is 6.48. The van der Waals surface area contributed by atoms with E-state index in [-0.39, 0.29) is 12.1 Å². The van der Waals surface area contributed by atoms with Gasteiger partial charge in [-0.05, 0) is 43.2 Å². The van der Waals surface area contributed by atoms with Crippen LogP contribution in [0.5, 0.6) is 0 Å². The van der Waals surface area contributed by atoms with E-state index in [1.165, 1.54) is 43.4 Å². The summed E-state index contributed by atoms with van der Waals surface area (Å²) in [4.78, 5) is 4.62. The van der Waals surface area contributed by atoms with Gasteiger partial charge in [0.2, 0.25) is 0 Å². The van der Waals surface area contributed by atoms with Crippen LogP contribution >= 0.6 is 0 Å². The minimum atomic E-state index is 0.161. The number of hydrogen-bond donors (Lipinski definition) is 2. The first-order valence-corrected chi connectivity index (χ1v) is 8.28. The van der Waals surface area contributed by atoms with Crippen LogP contribution in [0.2, 0.25) is 0 Å². The van der Waals surface area contributed by atoms with Crippen molar-refractivity contribution in [1.82, 2.24) is 10.4 Å². The molecule has 1 aromatic rings. The van der Waals surface area contributed by atoms with Gasteiger partial charge in [-0.1, -0.05) is 25.3 Å². The Morgan fingerprint density at radius 2 is 2.10 bits per heavy atom. The Morgan fingerprint density at radius 1 is 1.29 bits per heavy atom. The van der Waals surface area contributed by atoms with Crippen LogP contribution in [0.15, 0.2) is 18.3 Å². The summed E-state index contributed by atoms with van der Waals surface area (Å²) in [6.07, 6.45) is 10.8. The van der Waals surface area contributed by atoms with Crippen molar-refractivity contribution in [2.45, 2.75) is 63.0 Å². The summed E-state index contributed by atoms with van der Waals surface area (Å²) in [6, 6.07) is 4.38. The predicted octanol–water partition coefficient (Wildman–Crippen LogP) is 2.54. The van der Waals surface area contributed by atoms with Crippen molar-refractivity contribution in [1.29, 1.82) is 0 Å². The van der Waals surface area contributed by atoms with Gasteiger partial charge in [0.25, 0.3) is 0 Å². The van der Waals surface area contributed by atoms with Crippen molar-refractivity contribution >= 4 is 0 Å². The van der Waals surface area contributed by atoms with E-state index >= 15 is 0 Å². The standard InChI is InChI=1S/C17H27N3O/c1-21-17(13-6-3-2-4-7-13)16(20-18)14-10-9-12-8-5-11-19-15(12)14/h5,8,11,13-14,16-17,20H,2-4,6-7,9-10,18H2,1H3. The van der Waals surface area contributed by atoms with E-state index in [0.717, 1.165) is 12.8 Å². The average Bonchev–Trinajstić information content (AvgIpc) is 2.97. The second kappa shape index (κ2) is 6.86. The molecule has 0 aromatic carbocycles. The Morgan fingerprint density at radius 3 is 2.81 bits per heavy atom. The van der Waals surface area contributed by atoms with Gasteiger partial charge < -0.3 is 4.74 Å². The van der Waals surface area contributed by atoms with Crippen molar-refractivity contribution in [2.24, 2.45) is 11.8 Å². The molecule has 0 radical (unpaired) electrons. The number of nitrogens with zero attached hydrogens (tertiary/aromatic N) is 1. The highest BCUT2D eigenvalue weighted by molar-refractivity contribution is 5.30. The fourth-order valence-electron chi connectivity index (χ4n) is 4.33. The molecule has 3 N–H and O–H groups in total. The van der Waals surface area contributed by atoms with Gasteiger partial charge in [0.15, 0.2) is 0 Å². The number of hydrogen-bond acceptors (Lipinski definition) is 4. The van der Waals surface area contributed by atoms with Gasteiger partial charge in [-0.2, -0.15) is 0 Å². The molecule has 0 spiro atoms. The number of methoxy groups -OCH3 is 1. The molecule has 4 nitrogen and oxygen atoms in total. The molecule has 3 rings (SSSR count). The highest BCUT2D eigenvalue weighted by Gasteiger charge is 2.39. The van der Waals surface area contributed by atoms with Crippen molar-refractivity contribution in [2.75, 3.05) is 7.11 Å². The van der Waals surface area contributed by atoms with Crippen LogP contribution in [0.3, 0.4) is 0 Å². The van der Waals surface area contributed by atoms with Gasteiger partial charge in [-0.3, -0.25) is 16.3 Å². The lowest BCUT2D eigenvalue weighted by molar-refractivity contribution is 0.000714. The first-order chi connectivity index (χ1) is 10.3. The van der Waals surface area contributed by atoms with Gasteiger partial charge >= 0.3 is 0 Å². The molecule has 116 valence electrons. The Balaban J connectivity index is 1.80. The Hall–Kier alpha value is -0.970. The zero-order valence-electron chi connectivity index (χ0n) is 12.9. The number of hydrazine groups is 1. The van der Waals surface area contributed by atoms with Gasteiger partial charge in [0, 0.05) is 24.9 Å². The third-order valence-corrected chi connectivity index (χ3v) is 5.37. The number of ether oxygens (including phenoxy) is 1. The number of pyridine rings is 1. The monoisotopic (exact) mass is 289 g/mol. The van der Waals surface area contributed by atoms with Crippen LogP contribution in [0, 0.1) is 5.92 Å². The molecule has 3 unspecified atom stereocenters.